The molecule has 0 atom stereocenters. The van der Waals surface area contributed by atoms with Gasteiger partial charge in [-0.25, -0.2) is 0 Å². The van der Waals surface area contributed by atoms with Gasteiger partial charge in [-0.15, -0.1) is 0 Å². The van der Waals surface area contributed by atoms with Crippen molar-refractivity contribution in [3.05, 3.63) is 52.3 Å². The highest BCUT2D eigenvalue weighted by atomic mass is 79.9. The largest absolute Gasteiger partial charge is 0.339 e. The lowest BCUT2D eigenvalue weighted by Gasteiger charge is -2.16. The van der Waals surface area contributed by atoms with Crippen molar-refractivity contribution in [2.45, 2.75) is 26.4 Å². The molecule has 2 rings (SSSR count). The number of amides is 1. The quantitative estimate of drug-likeness (QED) is 0.842. The van der Waals surface area contributed by atoms with Crippen molar-refractivity contribution in [3.63, 3.8) is 0 Å². The maximum Gasteiger partial charge on any atom is 0.227 e. The number of nitrogens with zero attached hydrogens (tertiary/aromatic N) is 3. The molecule has 106 valence electrons. The average molecular weight is 336 g/mol. The molecule has 0 aliphatic carbocycles. The smallest absolute Gasteiger partial charge is 0.227 e. The van der Waals surface area contributed by atoms with Crippen LogP contribution >= 0.6 is 15.9 Å². The van der Waals surface area contributed by atoms with Crippen LogP contribution in [0.1, 0.15) is 18.2 Å². The Morgan fingerprint density at radius 3 is 2.65 bits per heavy atom. The van der Waals surface area contributed by atoms with E-state index in [1.54, 1.807) is 4.90 Å². The van der Waals surface area contributed by atoms with E-state index in [0.717, 1.165) is 22.3 Å². The van der Waals surface area contributed by atoms with Gasteiger partial charge in [0.15, 0.2) is 0 Å². The van der Waals surface area contributed by atoms with E-state index >= 15 is 0 Å². The molecule has 2 aromatic rings. The summed E-state index contributed by atoms with van der Waals surface area (Å²) in [6.07, 6.45) is 2.36. The molecule has 5 heteroatoms. The highest BCUT2D eigenvalue weighted by molar-refractivity contribution is 9.10. The minimum Gasteiger partial charge on any atom is -0.339 e. The van der Waals surface area contributed by atoms with E-state index in [1.165, 1.54) is 0 Å². The summed E-state index contributed by atoms with van der Waals surface area (Å²) in [5, 5.41) is 4.43. The summed E-state index contributed by atoms with van der Waals surface area (Å²) >= 11 is 3.48. The second-order valence-electron chi connectivity index (χ2n) is 4.69. The summed E-state index contributed by atoms with van der Waals surface area (Å²) in [6, 6.07) is 9.78. The summed E-state index contributed by atoms with van der Waals surface area (Å²) in [4.78, 5) is 13.9. The maximum atomic E-state index is 12.2. The Balaban J connectivity index is 1.98. The van der Waals surface area contributed by atoms with Crippen molar-refractivity contribution in [1.82, 2.24) is 14.7 Å². The normalized spacial score (nSPS) is 10.6. The predicted molar refractivity (Wildman–Crippen MR) is 82.2 cm³/mol. The van der Waals surface area contributed by atoms with E-state index in [-0.39, 0.29) is 5.91 Å². The van der Waals surface area contributed by atoms with Crippen LogP contribution < -0.4 is 0 Å². The third-order valence-electron chi connectivity index (χ3n) is 3.12. The van der Waals surface area contributed by atoms with Crippen LogP contribution in [0.4, 0.5) is 0 Å². The lowest BCUT2D eigenvalue weighted by Crippen LogP contribution is -2.28. The molecule has 1 amide bonds. The van der Waals surface area contributed by atoms with Crippen molar-refractivity contribution in [1.29, 1.82) is 0 Å². The monoisotopic (exact) mass is 335 g/mol. The average Bonchev–Trinajstić information content (AvgIpc) is 2.80. The Labute approximate surface area is 127 Å². The maximum absolute atomic E-state index is 12.2. The Morgan fingerprint density at radius 1 is 1.35 bits per heavy atom. The van der Waals surface area contributed by atoms with E-state index in [4.69, 9.17) is 0 Å². The fourth-order valence-electron chi connectivity index (χ4n) is 1.92. The number of hydrogen-bond donors (Lipinski definition) is 0. The Kier molecular flexibility index (Phi) is 4.95. The van der Waals surface area contributed by atoms with Crippen LogP contribution in [0.25, 0.3) is 0 Å². The number of carbonyl (C=O) groups excluding carboxylic acids is 1. The molecule has 0 saturated heterocycles. The van der Waals surface area contributed by atoms with Gasteiger partial charge in [-0.05, 0) is 28.4 Å². The van der Waals surface area contributed by atoms with Crippen LogP contribution in [0.3, 0.4) is 0 Å². The first kappa shape index (κ1) is 14.8. The molecule has 0 unspecified atom stereocenters. The zero-order valence-electron chi connectivity index (χ0n) is 11.7. The predicted octanol–water partition coefficient (Wildman–Crippen LogP) is 2.87. The van der Waals surface area contributed by atoms with E-state index < -0.39 is 0 Å². The Morgan fingerprint density at radius 2 is 2.05 bits per heavy atom. The van der Waals surface area contributed by atoms with Gasteiger partial charge in [-0.2, -0.15) is 5.10 Å². The molecule has 1 aromatic heterocycles. The summed E-state index contributed by atoms with van der Waals surface area (Å²) in [7, 11) is 1.81. The summed E-state index contributed by atoms with van der Waals surface area (Å²) in [5.74, 6) is 0.0918. The fourth-order valence-corrected chi connectivity index (χ4v) is 2.37. The van der Waals surface area contributed by atoms with Gasteiger partial charge in [0.2, 0.25) is 5.91 Å². The highest BCUT2D eigenvalue weighted by Gasteiger charge is 2.14. The second kappa shape index (κ2) is 6.70. The molecule has 0 N–H and O–H groups in total. The fraction of sp³-hybridized carbons (Fsp3) is 0.333. The number of carbonyl (C=O) groups is 1. The van der Waals surface area contributed by atoms with Gasteiger partial charge in [0.25, 0.3) is 0 Å². The van der Waals surface area contributed by atoms with Crippen molar-refractivity contribution in [3.8, 4) is 0 Å². The van der Waals surface area contributed by atoms with Gasteiger partial charge >= 0.3 is 0 Å². The zero-order chi connectivity index (χ0) is 14.5. The van der Waals surface area contributed by atoms with Crippen LogP contribution in [0, 0.1) is 0 Å². The topological polar surface area (TPSA) is 38.1 Å². The molecular weight excluding hydrogens is 318 g/mol. The summed E-state index contributed by atoms with van der Waals surface area (Å²) in [5.41, 5.74) is 1.92. The van der Waals surface area contributed by atoms with Crippen molar-refractivity contribution >= 4 is 21.8 Å². The van der Waals surface area contributed by atoms with E-state index in [1.807, 2.05) is 55.2 Å². The molecule has 20 heavy (non-hydrogen) atoms. The Bertz CT molecular complexity index is 580. The first-order valence-electron chi connectivity index (χ1n) is 6.60. The Hall–Kier alpha value is -1.62. The molecule has 0 aliphatic heterocycles. The van der Waals surface area contributed by atoms with E-state index in [9.17, 15) is 4.79 Å². The zero-order valence-corrected chi connectivity index (χ0v) is 13.3. The molecule has 0 bridgehead atoms. The SMILES string of the molecule is CCn1cc(Br)c(CN(C)C(=O)Cc2ccccc2)n1. The minimum absolute atomic E-state index is 0.0918. The van der Waals surface area contributed by atoms with Crippen molar-refractivity contribution < 1.29 is 4.79 Å². The third kappa shape index (κ3) is 3.70. The number of aryl methyl sites for hydroxylation is 1. The number of benzene rings is 1. The second-order valence-corrected chi connectivity index (χ2v) is 5.55. The number of aromatic nitrogens is 2. The lowest BCUT2D eigenvalue weighted by atomic mass is 10.1. The van der Waals surface area contributed by atoms with Crippen molar-refractivity contribution in [2.24, 2.45) is 0 Å². The van der Waals surface area contributed by atoms with E-state index in [0.29, 0.717) is 13.0 Å². The number of halogens is 1. The lowest BCUT2D eigenvalue weighted by molar-refractivity contribution is -0.129. The molecule has 1 aromatic carbocycles. The molecule has 0 fully saturated rings. The van der Waals surface area contributed by atoms with Gasteiger partial charge in [0.1, 0.15) is 0 Å². The third-order valence-corrected chi connectivity index (χ3v) is 3.78. The van der Waals surface area contributed by atoms with Crippen molar-refractivity contribution in [2.75, 3.05) is 7.05 Å². The minimum atomic E-state index is 0.0918. The van der Waals surface area contributed by atoms with Gasteiger partial charge < -0.3 is 4.90 Å². The van der Waals surface area contributed by atoms with Crippen LogP contribution in [-0.4, -0.2) is 27.6 Å². The first-order valence-corrected chi connectivity index (χ1v) is 7.39. The molecule has 0 saturated carbocycles. The number of hydrogen-bond acceptors (Lipinski definition) is 2. The van der Waals surface area contributed by atoms with Crippen LogP contribution in [0.2, 0.25) is 0 Å². The van der Waals surface area contributed by atoms with Gasteiger partial charge in [-0.3, -0.25) is 9.48 Å². The van der Waals surface area contributed by atoms with Gasteiger partial charge in [-0.1, -0.05) is 30.3 Å². The standard InChI is InChI=1S/C15H18BrN3O/c1-3-19-10-13(16)14(17-19)11-18(2)15(20)9-12-7-5-4-6-8-12/h4-8,10H,3,9,11H2,1-2H3. The van der Waals surface area contributed by atoms with Crippen LogP contribution in [-0.2, 0) is 24.3 Å². The number of likely N-dealkylation sites (N-methyl/N-ethyl adjacent to an activating group) is 1. The summed E-state index contributed by atoms with van der Waals surface area (Å²) in [6.45, 7) is 3.37. The number of rotatable bonds is 5. The first-order chi connectivity index (χ1) is 9.60. The molecule has 1 heterocycles. The molecule has 4 nitrogen and oxygen atoms in total. The molecule has 0 aliphatic rings. The van der Waals surface area contributed by atoms with E-state index in [2.05, 4.69) is 21.0 Å². The molecule has 0 radical (unpaired) electrons. The van der Waals surface area contributed by atoms with Gasteiger partial charge in [0.05, 0.1) is 23.1 Å². The highest BCUT2D eigenvalue weighted by Crippen LogP contribution is 2.16. The molecular formula is C15H18BrN3O. The van der Waals surface area contributed by atoms with Crippen LogP contribution in [0.5, 0.6) is 0 Å². The van der Waals surface area contributed by atoms with Gasteiger partial charge in [0, 0.05) is 19.8 Å². The molecule has 0 spiro atoms. The van der Waals surface area contributed by atoms with Crippen LogP contribution in [0.15, 0.2) is 41.0 Å². The summed E-state index contributed by atoms with van der Waals surface area (Å²) < 4.78 is 2.80.